The average molecular weight is 796 g/mol. The van der Waals surface area contributed by atoms with E-state index < -0.39 is 71.7 Å². The van der Waals surface area contributed by atoms with Gasteiger partial charge in [-0.25, -0.2) is 14.6 Å². The summed E-state index contributed by atoms with van der Waals surface area (Å²) in [5, 5.41) is 11.4. The van der Waals surface area contributed by atoms with Crippen LogP contribution in [0.1, 0.15) is 87.5 Å². The smallest absolute Gasteiger partial charge is 0.410 e. The third-order valence-corrected chi connectivity index (χ3v) is 12.4. The number of pyridine rings is 1. The van der Waals surface area contributed by atoms with Gasteiger partial charge in [-0.2, -0.15) is 0 Å². The van der Waals surface area contributed by atoms with Crippen molar-refractivity contribution < 1.29 is 43.2 Å². The van der Waals surface area contributed by atoms with Crippen molar-refractivity contribution in [3.63, 3.8) is 0 Å². The maximum absolute atomic E-state index is 14.7. The van der Waals surface area contributed by atoms with Crippen LogP contribution < -0.4 is 0 Å². The zero-order valence-electron chi connectivity index (χ0n) is 35.7. The number of aliphatic hydroxyl groups is 1. The van der Waals surface area contributed by atoms with Crippen LogP contribution >= 0.6 is 0 Å². The number of rotatable bonds is 11. The number of carbonyl (C=O) groups is 3. The second-order valence-electron chi connectivity index (χ2n) is 17.1. The fraction of sp³-hybridized carbons (Fsp3) is 0.698. The van der Waals surface area contributed by atoms with Gasteiger partial charge < -0.3 is 43.2 Å². The lowest BCUT2D eigenvalue weighted by Gasteiger charge is -2.47. The Morgan fingerprint density at radius 1 is 1.09 bits per heavy atom. The van der Waals surface area contributed by atoms with Crippen LogP contribution in [0.4, 0.5) is 4.79 Å². The normalized spacial score (nSPS) is 36.6. The summed E-state index contributed by atoms with van der Waals surface area (Å²) in [5.74, 6) is -2.31. The molecular weight excluding hydrogens is 730 g/mol. The molecule has 2 fully saturated rings. The number of imidazole rings is 1. The summed E-state index contributed by atoms with van der Waals surface area (Å²) in [7, 11) is 5.41. The van der Waals surface area contributed by atoms with Crippen molar-refractivity contribution >= 4 is 17.8 Å². The maximum atomic E-state index is 14.7. The van der Waals surface area contributed by atoms with Gasteiger partial charge in [0.1, 0.15) is 18.0 Å². The number of cyclic esters (lactones) is 1. The van der Waals surface area contributed by atoms with Gasteiger partial charge in [0.25, 0.3) is 0 Å². The van der Waals surface area contributed by atoms with Crippen LogP contribution in [0.3, 0.4) is 0 Å². The molecule has 5 heterocycles. The van der Waals surface area contributed by atoms with Crippen LogP contribution in [0.5, 0.6) is 0 Å². The lowest BCUT2D eigenvalue weighted by atomic mass is 9.74. The summed E-state index contributed by atoms with van der Waals surface area (Å²) in [4.78, 5) is 54.8. The number of nitrogens with zero attached hydrogens (tertiary/aromatic N) is 5. The Labute approximate surface area is 338 Å². The molecule has 0 spiro atoms. The van der Waals surface area contributed by atoms with Crippen LogP contribution in [0.2, 0.25) is 0 Å². The Morgan fingerprint density at radius 3 is 2.46 bits per heavy atom. The van der Waals surface area contributed by atoms with E-state index in [1.807, 2.05) is 83.4 Å². The van der Waals surface area contributed by atoms with Gasteiger partial charge in [-0.3, -0.25) is 9.78 Å². The highest BCUT2D eigenvalue weighted by molar-refractivity contribution is 5.88. The minimum absolute atomic E-state index is 0.0780. The van der Waals surface area contributed by atoms with E-state index in [0.717, 1.165) is 17.7 Å². The zero-order valence-corrected chi connectivity index (χ0v) is 35.7. The van der Waals surface area contributed by atoms with Crippen molar-refractivity contribution in [1.29, 1.82) is 0 Å². The van der Waals surface area contributed by atoms with Gasteiger partial charge in [-0.15, -0.1) is 0 Å². The molecule has 2 aromatic rings. The van der Waals surface area contributed by atoms with E-state index in [-0.39, 0.29) is 24.3 Å². The second kappa shape index (κ2) is 18.5. The number of hydrogen-bond donors (Lipinski definition) is 1. The van der Waals surface area contributed by atoms with Crippen molar-refractivity contribution in [2.24, 2.45) is 17.8 Å². The highest BCUT2D eigenvalue weighted by Crippen LogP contribution is 2.43. The predicted molar refractivity (Wildman–Crippen MR) is 214 cm³/mol. The number of likely N-dealkylation sites (N-methyl/N-ethyl adjacent to an activating group) is 1. The molecule has 0 saturated carbocycles. The van der Waals surface area contributed by atoms with Gasteiger partial charge in [-0.05, 0) is 86.0 Å². The Balaban J connectivity index is 1.42. The monoisotopic (exact) mass is 795 g/mol. The van der Waals surface area contributed by atoms with Crippen molar-refractivity contribution in [3.8, 4) is 11.3 Å². The molecule has 1 amide bonds. The molecule has 3 aliphatic heterocycles. The molecule has 0 aliphatic carbocycles. The molecule has 14 heteroatoms. The number of methoxy groups -OCH3 is 1. The minimum atomic E-state index is -1.31. The second-order valence-corrected chi connectivity index (χ2v) is 17.1. The highest BCUT2D eigenvalue weighted by atomic mass is 16.7. The molecule has 0 unspecified atom stereocenters. The van der Waals surface area contributed by atoms with Crippen LogP contribution in [-0.2, 0) is 39.8 Å². The number of aliphatic hydroxyl groups excluding tert-OH is 1. The van der Waals surface area contributed by atoms with E-state index in [0.29, 0.717) is 37.9 Å². The summed E-state index contributed by atoms with van der Waals surface area (Å²) in [5.41, 5.74) is -0.267. The first kappa shape index (κ1) is 44.4. The van der Waals surface area contributed by atoms with E-state index in [9.17, 15) is 19.5 Å². The van der Waals surface area contributed by atoms with Gasteiger partial charge in [0, 0.05) is 73.7 Å². The third kappa shape index (κ3) is 9.62. The highest BCUT2D eigenvalue weighted by Gasteiger charge is 2.60. The van der Waals surface area contributed by atoms with Crippen LogP contribution in [0.25, 0.3) is 11.3 Å². The molecule has 2 aromatic heterocycles. The number of ether oxygens (including phenoxy) is 5. The number of hydrogen-bond acceptors (Lipinski definition) is 12. The Kier molecular flexibility index (Phi) is 14.4. The standard InChI is InChI=1S/C43H65N5O9/c1-12-34-43(8)37(48(41(52)57-43)19-14-13-18-47-24-32(45-25-47)31-16-15-17-44-23-31)30(6)35(49)28(4)22-42(7,53-11)38(26(2)20-27(3)39(51)55-34)56-40-36(50)33(46(9)10)21-29(5)54-40/h15-17,20,23-26,28-30,33-34,36-38,40,50H,12-14,18-19,21-22H2,1-11H3/b27-20-/t26-,28+,29+,30-,33-,34+,36+,37+,38+,40-,42+,43+/m0/s1. The summed E-state index contributed by atoms with van der Waals surface area (Å²) in [6.07, 6.45) is 7.43. The largest absolute Gasteiger partial charge is 0.455 e. The number of aryl methyl sites for hydroxylation is 1. The molecule has 0 radical (unpaired) electrons. The molecule has 14 nitrogen and oxygen atoms in total. The number of ketones is 1. The van der Waals surface area contributed by atoms with E-state index >= 15 is 0 Å². The molecule has 316 valence electrons. The van der Waals surface area contributed by atoms with E-state index in [1.54, 1.807) is 50.7 Å². The van der Waals surface area contributed by atoms with E-state index in [1.165, 1.54) is 0 Å². The number of Topliss-reactive ketones (excluding diaryl/α,β-unsaturated/α-hetero) is 1. The molecule has 2 saturated heterocycles. The molecule has 3 aliphatic rings. The van der Waals surface area contributed by atoms with Crippen LogP contribution in [0, 0.1) is 17.8 Å². The lowest BCUT2D eigenvalue weighted by molar-refractivity contribution is -0.294. The predicted octanol–water partition coefficient (Wildman–Crippen LogP) is 5.67. The first-order valence-electron chi connectivity index (χ1n) is 20.5. The number of unbranched alkanes of at least 4 members (excludes halogenated alkanes) is 1. The minimum Gasteiger partial charge on any atom is -0.455 e. The molecule has 0 bridgehead atoms. The van der Waals surface area contributed by atoms with Gasteiger partial charge in [-0.1, -0.05) is 33.8 Å². The fourth-order valence-electron chi connectivity index (χ4n) is 9.33. The average Bonchev–Trinajstić information content (AvgIpc) is 3.75. The van der Waals surface area contributed by atoms with Crippen LogP contribution in [-0.4, -0.2) is 129 Å². The van der Waals surface area contributed by atoms with Crippen molar-refractivity contribution in [2.75, 3.05) is 27.7 Å². The van der Waals surface area contributed by atoms with Gasteiger partial charge in [0.2, 0.25) is 0 Å². The van der Waals surface area contributed by atoms with E-state index in [4.69, 9.17) is 23.7 Å². The lowest BCUT2D eigenvalue weighted by Crippen LogP contribution is -2.59. The molecule has 0 aromatic carbocycles. The number of carbonyl (C=O) groups excluding carboxylic acids is 3. The summed E-state index contributed by atoms with van der Waals surface area (Å²) in [6, 6.07) is 2.92. The van der Waals surface area contributed by atoms with Gasteiger partial charge in [0.05, 0.1) is 35.9 Å². The van der Waals surface area contributed by atoms with Gasteiger partial charge >= 0.3 is 12.1 Å². The number of fused-ring (bicyclic) bond motifs is 1. The van der Waals surface area contributed by atoms with Crippen molar-refractivity contribution in [3.05, 3.63) is 48.7 Å². The summed E-state index contributed by atoms with van der Waals surface area (Å²) in [6.45, 7) is 15.9. The molecule has 12 atom stereocenters. The number of aromatic nitrogens is 3. The number of esters is 1. The first-order chi connectivity index (χ1) is 26.9. The number of amides is 1. The van der Waals surface area contributed by atoms with Crippen molar-refractivity contribution in [2.45, 2.75) is 148 Å². The van der Waals surface area contributed by atoms with E-state index in [2.05, 4.69) is 9.97 Å². The van der Waals surface area contributed by atoms with Gasteiger partial charge in [0.15, 0.2) is 11.9 Å². The first-order valence-corrected chi connectivity index (χ1v) is 20.5. The SMILES string of the molecule is CC[C@H]1OC(=O)/C(C)=C\[C@H](C)[C@@H](O[C@@H]2O[C@H](C)C[C@H](N(C)C)[C@H]2O)[C@](C)(OC)C[C@@H](C)C(=O)[C@H](C)[C@H]2N(CCCCn3cnc(-c4cccnc4)c3)C(=O)O[C@]12C. The topological polar surface area (TPSA) is 155 Å². The fourth-order valence-corrected chi connectivity index (χ4v) is 9.33. The maximum Gasteiger partial charge on any atom is 0.410 e. The molecule has 1 N–H and O–H groups in total. The molecule has 57 heavy (non-hydrogen) atoms. The Bertz CT molecular complexity index is 1720. The third-order valence-electron chi connectivity index (χ3n) is 12.4. The van der Waals surface area contributed by atoms with Crippen LogP contribution in [0.15, 0.2) is 48.7 Å². The van der Waals surface area contributed by atoms with Crippen molar-refractivity contribution in [1.82, 2.24) is 24.3 Å². The molecular formula is C43H65N5O9. The summed E-state index contributed by atoms with van der Waals surface area (Å²) < 4.78 is 33.6. The Hall–Kier alpha value is -3.69. The quantitative estimate of drug-likeness (QED) is 0.220. The summed E-state index contributed by atoms with van der Waals surface area (Å²) >= 11 is 0. The Morgan fingerprint density at radius 2 is 1.81 bits per heavy atom. The molecule has 5 rings (SSSR count). The zero-order chi connectivity index (χ0) is 41.8.